The molecule has 0 saturated carbocycles. The lowest BCUT2D eigenvalue weighted by Gasteiger charge is -2.14. The van der Waals surface area contributed by atoms with E-state index in [9.17, 15) is 4.39 Å². The molecule has 0 fully saturated rings. The number of rotatable bonds is 5. The van der Waals surface area contributed by atoms with Gasteiger partial charge in [0.05, 0.1) is 7.11 Å². The van der Waals surface area contributed by atoms with Crippen molar-refractivity contribution in [1.29, 1.82) is 0 Å². The first-order valence-electron chi connectivity index (χ1n) is 6.08. The van der Waals surface area contributed by atoms with E-state index in [0.29, 0.717) is 16.3 Å². The van der Waals surface area contributed by atoms with Crippen molar-refractivity contribution in [2.24, 2.45) is 5.73 Å². The Bertz CT molecular complexity index is 594. The van der Waals surface area contributed by atoms with Crippen molar-refractivity contribution in [3.8, 4) is 5.75 Å². The summed E-state index contributed by atoms with van der Waals surface area (Å²) in [5, 5.41) is 0.677. The van der Waals surface area contributed by atoms with E-state index in [1.807, 2.05) is 24.3 Å². The molecule has 0 aliphatic carbocycles. The third kappa shape index (κ3) is 3.66. The Kier molecular flexibility index (Phi) is 5.29. The molecular weight excluding hydrogens is 297 g/mol. The molecule has 0 heterocycles. The second kappa shape index (κ2) is 6.97. The molecule has 0 bridgehead atoms. The molecular formula is C15H15ClFNOS. The quantitative estimate of drug-likeness (QED) is 0.837. The van der Waals surface area contributed by atoms with E-state index < -0.39 is 11.9 Å². The second-order valence-corrected chi connectivity index (χ2v) is 5.77. The van der Waals surface area contributed by atoms with Crippen molar-refractivity contribution < 1.29 is 9.13 Å². The molecule has 0 saturated heterocycles. The standard InChI is InChI=1S/C15H15ClFNOS/c1-19-14-7-3-6-12(15(14)17)13(18)9-20-11-5-2-4-10(16)8-11/h2-8,13H,9,18H2,1H3. The average molecular weight is 312 g/mol. The number of hydrogen-bond acceptors (Lipinski definition) is 3. The predicted octanol–water partition coefficient (Wildman–Crippen LogP) is 4.28. The molecule has 0 amide bonds. The average Bonchev–Trinajstić information content (AvgIpc) is 2.45. The maximum Gasteiger partial charge on any atom is 0.169 e. The van der Waals surface area contributed by atoms with Crippen LogP contribution >= 0.6 is 23.4 Å². The Morgan fingerprint density at radius 3 is 2.75 bits per heavy atom. The smallest absolute Gasteiger partial charge is 0.169 e. The van der Waals surface area contributed by atoms with Gasteiger partial charge in [-0.1, -0.05) is 29.8 Å². The first-order valence-corrected chi connectivity index (χ1v) is 7.44. The Morgan fingerprint density at radius 2 is 2.05 bits per heavy atom. The SMILES string of the molecule is COc1cccc(C(N)CSc2cccc(Cl)c2)c1F. The molecule has 2 nitrogen and oxygen atoms in total. The summed E-state index contributed by atoms with van der Waals surface area (Å²) >= 11 is 7.46. The van der Waals surface area contributed by atoms with Crippen LogP contribution in [0.4, 0.5) is 4.39 Å². The van der Waals surface area contributed by atoms with Gasteiger partial charge in [0.2, 0.25) is 0 Å². The van der Waals surface area contributed by atoms with Crippen molar-refractivity contribution >= 4 is 23.4 Å². The minimum Gasteiger partial charge on any atom is -0.494 e. The molecule has 2 N–H and O–H groups in total. The summed E-state index contributed by atoms with van der Waals surface area (Å²) in [6, 6.07) is 12.1. The zero-order valence-corrected chi connectivity index (χ0v) is 12.5. The molecule has 5 heteroatoms. The van der Waals surface area contributed by atoms with Crippen molar-refractivity contribution in [1.82, 2.24) is 0 Å². The lowest BCUT2D eigenvalue weighted by atomic mass is 10.1. The Hall–Kier alpha value is -1.23. The fraction of sp³-hybridized carbons (Fsp3) is 0.200. The highest BCUT2D eigenvalue weighted by Crippen LogP contribution is 2.29. The molecule has 1 atom stereocenters. The van der Waals surface area contributed by atoms with E-state index in [1.54, 1.807) is 30.0 Å². The molecule has 2 aromatic rings. The van der Waals surface area contributed by atoms with Crippen molar-refractivity contribution in [3.63, 3.8) is 0 Å². The van der Waals surface area contributed by atoms with Crippen LogP contribution in [0.3, 0.4) is 0 Å². The summed E-state index contributed by atoms with van der Waals surface area (Å²) in [4.78, 5) is 1.01. The summed E-state index contributed by atoms with van der Waals surface area (Å²) in [7, 11) is 1.44. The van der Waals surface area contributed by atoms with Crippen LogP contribution in [0.25, 0.3) is 0 Å². The van der Waals surface area contributed by atoms with E-state index in [0.717, 1.165) is 4.90 Å². The van der Waals surface area contributed by atoms with Crippen LogP contribution in [0, 0.1) is 5.82 Å². The number of halogens is 2. The van der Waals surface area contributed by atoms with E-state index in [4.69, 9.17) is 22.1 Å². The van der Waals surface area contributed by atoms with Gasteiger partial charge in [0.25, 0.3) is 0 Å². The summed E-state index contributed by atoms with van der Waals surface area (Å²) in [5.41, 5.74) is 6.51. The van der Waals surface area contributed by atoms with Gasteiger partial charge in [0, 0.05) is 27.3 Å². The normalized spacial score (nSPS) is 12.2. The van der Waals surface area contributed by atoms with Gasteiger partial charge in [-0.2, -0.15) is 0 Å². The molecule has 2 aromatic carbocycles. The van der Waals surface area contributed by atoms with Crippen molar-refractivity contribution in [2.45, 2.75) is 10.9 Å². The van der Waals surface area contributed by atoms with Crippen LogP contribution in [0.15, 0.2) is 47.4 Å². The zero-order chi connectivity index (χ0) is 14.5. The Balaban J connectivity index is 2.07. The third-order valence-electron chi connectivity index (χ3n) is 2.84. The number of nitrogens with two attached hydrogens (primary N) is 1. The minimum absolute atomic E-state index is 0.214. The van der Waals surface area contributed by atoms with Crippen molar-refractivity contribution in [2.75, 3.05) is 12.9 Å². The van der Waals surface area contributed by atoms with Crippen LogP contribution in [0.2, 0.25) is 5.02 Å². The van der Waals surface area contributed by atoms with Crippen LogP contribution in [-0.2, 0) is 0 Å². The minimum atomic E-state index is -0.408. The topological polar surface area (TPSA) is 35.2 Å². The number of hydrogen-bond donors (Lipinski definition) is 1. The van der Waals surface area contributed by atoms with Gasteiger partial charge in [-0.05, 0) is 24.3 Å². The van der Waals surface area contributed by atoms with Crippen LogP contribution in [0.1, 0.15) is 11.6 Å². The monoisotopic (exact) mass is 311 g/mol. The maximum absolute atomic E-state index is 14.1. The molecule has 106 valence electrons. The molecule has 1 unspecified atom stereocenters. The van der Waals surface area contributed by atoms with E-state index in [-0.39, 0.29) is 5.75 Å². The highest BCUT2D eigenvalue weighted by Gasteiger charge is 2.15. The Labute approximate surface area is 127 Å². The number of ether oxygens (including phenoxy) is 1. The van der Waals surface area contributed by atoms with E-state index in [2.05, 4.69) is 0 Å². The van der Waals surface area contributed by atoms with Crippen LogP contribution < -0.4 is 10.5 Å². The highest BCUT2D eigenvalue weighted by molar-refractivity contribution is 7.99. The molecule has 0 aliphatic rings. The first kappa shape index (κ1) is 15.2. The third-order valence-corrected chi connectivity index (χ3v) is 4.19. The summed E-state index contributed by atoms with van der Waals surface area (Å²) in [5.74, 6) is 0.379. The molecule has 0 aliphatic heterocycles. The van der Waals surface area contributed by atoms with Gasteiger partial charge in [-0.15, -0.1) is 11.8 Å². The lowest BCUT2D eigenvalue weighted by Crippen LogP contribution is -2.15. The predicted molar refractivity (Wildman–Crippen MR) is 82.1 cm³/mol. The van der Waals surface area contributed by atoms with Gasteiger partial charge in [0.15, 0.2) is 11.6 Å². The van der Waals surface area contributed by atoms with E-state index >= 15 is 0 Å². The number of thioether (sulfide) groups is 1. The second-order valence-electron chi connectivity index (χ2n) is 4.24. The van der Waals surface area contributed by atoms with Gasteiger partial charge in [0.1, 0.15) is 0 Å². The first-order chi connectivity index (χ1) is 9.61. The fourth-order valence-electron chi connectivity index (χ4n) is 1.80. The van der Waals surface area contributed by atoms with Gasteiger partial charge < -0.3 is 10.5 Å². The number of methoxy groups -OCH3 is 1. The van der Waals surface area contributed by atoms with Gasteiger partial charge in [-0.3, -0.25) is 0 Å². The summed E-state index contributed by atoms with van der Waals surface area (Å²) in [6.45, 7) is 0. The zero-order valence-electron chi connectivity index (χ0n) is 11.0. The largest absolute Gasteiger partial charge is 0.494 e. The van der Waals surface area contributed by atoms with E-state index in [1.165, 1.54) is 7.11 Å². The van der Waals surface area contributed by atoms with Crippen LogP contribution in [-0.4, -0.2) is 12.9 Å². The maximum atomic E-state index is 14.1. The summed E-state index contributed by atoms with van der Waals surface area (Å²) < 4.78 is 19.0. The Morgan fingerprint density at radius 1 is 1.30 bits per heavy atom. The highest BCUT2D eigenvalue weighted by atomic mass is 35.5. The molecule has 0 radical (unpaired) electrons. The summed E-state index contributed by atoms with van der Waals surface area (Å²) in [6.07, 6.45) is 0. The lowest BCUT2D eigenvalue weighted by molar-refractivity contribution is 0.383. The molecule has 20 heavy (non-hydrogen) atoms. The molecule has 0 aromatic heterocycles. The number of benzene rings is 2. The fourth-order valence-corrected chi connectivity index (χ4v) is 3.00. The van der Waals surface area contributed by atoms with Gasteiger partial charge >= 0.3 is 0 Å². The molecule has 2 rings (SSSR count). The van der Waals surface area contributed by atoms with Crippen LogP contribution in [0.5, 0.6) is 5.75 Å². The van der Waals surface area contributed by atoms with Crippen molar-refractivity contribution in [3.05, 3.63) is 58.9 Å². The molecule has 0 spiro atoms. The van der Waals surface area contributed by atoms with Gasteiger partial charge in [-0.25, -0.2) is 4.39 Å².